The van der Waals surface area contributed by atoms with Gasteiger partial charge in [-0.05, 0) is 6.42 Å². The Morgan fingerprint density at radius 3 is 1.94 bits per heavy atom. The molecule has 2 unspecified atom stereocenters. The number of ketones is 1. The van der Waals surface area contributed by atoms with Crippen molar-refractivity contribution in [1.82, 2.24) is 0 Å². The van der Waals surface area contributed by atoms with Gasteiger partial charge in [0.2, 0.25) is 0 Å². The second-order valence-corrected chi connectivity index (χ2v) is 10.5. The smallest absolute Gasteiger partial charge is 0.393 e. The molecule has 0 bridgehead atoms. The summed E-state index contributed by atoms with van der Waals surface area (Å²) in [6, 6.07) is 0. The monoisotopic (exact) mass is 470 g/mol. The zero-order valence-corrected chi connectivity index (χ0v) is 20.7. The van der Waals surface area contributed by atoms with Gasteiger partial charge in [0, 0.05) is 6.42 Å². The Morgan fingerprint density at radius 1 is 0.968 bits per heavy atom. The lowest BCUT2D eigenvalue weighted by molar-refractivity contribution is -0.870. The molecule has 0 spiro atoms. The molecule has 0 aliphatic rings. The van der Waals surface area contributed by atoms with Crippen molar-refractivity contribution < 1.29 is 43.0 Å². The van der Waals surface area contributed by atoms with Crippen LogP contribution >= 0.6 is 7.82 Å². The number of aliphatic hydroxyl groups is 1. The van der Waals surface area contributed by atoms with Crippen molar-refractivity contribution in [3.05, 3.63) is 0 Å². The number of hydrogen-bond acceptors (Lipinski definition) is 7. The SMILES string of the molecule is CCCCCCCCCCCCC(=O)C(OP(=O)(O)OCC[N+](C)(C)C)[C@H](CO)OO. The van der Waals surface area contributed by atoms with Crippen LogP contribution < -0.4 is 0 Å². The summed E-state index contributed by atoms with van der Waals surface area (Å²) < 4.78 is 22.7. The molecule has 31 heavy (non-hydrogen) atoms. The first-order valence-corrected chi connectivity index (χ1v) is 13.0. The van der Waals surface area contributed by atoms with Gasteiger partial charge in [0.05, 0.1) is 27.7 Å². The normalized spacial score (nSPS) is 16.1. The van der Waals surface area contributed by atoms with Gasteiger partial charge >= 0.3 is 7.82 Å². The second kappa shape index (κ2) is 17.1. The zero-order valence-electron chi connectivity index (χ0n) is 19.8. The highest BCUT2D eigenvalue weighted by Crippen LogP contribution is 2.45. The predicted octanol–water partition coefficient (Wildman–Crippen LogP) is 3.93. The van der Waals surface area contributed by atoms with E-state index < -0.39 is 32.4 Å². The van der Waals surface area contributed by atoms with Crippen molar-refractivity contribution in [1.29, 1.82) is 0 Å². The van der Waals surface area contributed by atoms with Crippen LogP contribution in [0.15, 0.2) is 0 Å². The first kappa shape index (κ1) is 30.6. The number of aliphatic hydroxyl groups excluding tert-OH is 1. The molecule has 3 N–H and O–H groups in total. The third-order valence-electron chi connectivity index (χ3n) is 5.01. The fraction of sp³-hybridized carbons (Fsp3) is 0.952. The number of hydrogen-bond donors (Lipinski definition) is 3. The number of rotatable bonds is 21. The summed E-state index contributed by atoms with van der Waals surface area (Å²) in [6.45, 7) is 1.85. The number of carbonyl (C=O) groups excluding carboxylic acids is 1. The van der Waals surface area contributed by atoms with E-state index in [1.54, 1.807) is 0 Å². The molecule has 0 heterocycles. The molecule has 0 aromatic rings. The van der Waals surface area contributed by atoms with Crippen LogP contribution in [0.4, 0.5) is 0 Å². The molecule has 3 atom stereocenters. The van der Waals surface area contributed by atoms with Gasteiger partial charge < -0.3 is 14.5 Å². The van der Waals surface area contributed by atoms with Crippen molar-refractivity contribution in [2.75, 3.05) is 40.9 Å². The highest BCUT2D eigenvalue weighted by Gasteiger charge is 2.37. The van der Waals surface area contributed by atoms with E-state index >= 15 is 0 Å². The molecule has 0 saturated heterocycles. The second-order valence-electron chi connectivity index (χ2n) is 9.07. The molecule has 0 saturated carbocycles. The third-order valence-corrected chi connectivity index (χ3v) is 6.01. The topological polar surface area (TPSA) is 123 Å². The summed E-state index contributed by atoms with van der Waals surface area (Å²) in [5.41, 5.74) is 0. The fourth-order valence-corrected chi connectivity index (χ4v) is 3.96. The molecular formula is C21H45NO8P+. The van der Waals surface area contributed by atoms with E-state index in [9.17, 15) is 19.4 Å². The molecule has 9 nitrogen and oxygen atoms in total. The molecule has 0 rings (SSSR count). The Bertz CT molecular complexity index is 508. The number of phosphoric acid groups is 1. The lowest BCUT2D eigenvalue weighted by Crippen LogP contribution is -2.40. The zero-order chi connectivity index (χ0) is 23.8. The van der Waals surface area contributed by atoms with Crippen LogP contribution in [0.2, 0.25) is 0 Å². The summed E-state index contributed by atoms with van der Waals surface area (Å²) in [7, 11) is 1.12. The number of likely N-dealkylation sites (N-methyl/N-ethyl adjacent to an activating group) is 1. The average Bonchev–Trinajstić information content (AvgIpc) is 2.68. The standard InChI is InChI=1S/C21H44NO8P/c1-5-6-7-8-9-10-11-12-13-14-15-19(24)21(20(18-23)29-25)30-31(26,27)28-17-16-22(2,3)4/h20-21,23H,5-18H2,1-4H3,(H-,25,26,27)/p+1/t20-,21?/m0/s1. The number of Topliss-reactive ketones (excluding diaryl/α,β-unsaturated/α-hetero) is 1. The molecule has 0 radical (unpaired) electrons. The minimum absolute atomic E-state index is 0.0552. The van der Waals surface area contributed by atoms with Crippen LogP contribution in [0.25, 0.3) is 0 Å². The van der Waals surface area contributed by atoms with Crippen LogP contribution in [0.1, 0.15) is 77.6 Å². The molecule has 0 aliphatic heterocycles. The number of carbonyl (C=O) groups is 1. The Labute approximate surface area is 187 Å². The van der Waals surface area contributed by atoms with Gasteiger partial charge in [0.25, 0.3) is 0 Å². The van der Waals surface area contributed by atoms with Gasteiger partial charge in [0.1, 0.15) is 19.3 Å². The lowest BCUT2D eigenvalue weighted by atomic mass is 10.0. The molecule has 10 heteroatoms. The average molecular weight is 471 g/mol. The Balaban J connectivity index is 4.42. The van der Waals surface area contributed by atoms with Gasteiger partial charge in [-0.2, -0.15) is 0 Å². The Morgan fingerprint density at radius 2 is 1.48 bits per heavy atom. The molecule has 0 aliphatic carbocycles. The van der Waals surface area contributed by atoms with Crippen molar-refractivity contribution in [2.24, 2.45) is 0 Å². The van der Waals surface area contributed by atoms with Gasteiger partial charge in [-0.1, -0.05) is 64.7 Å². The van der Waals surface area contributed by atoms with E-state index in [-0.39, 0.29) is 13.0 Å². The fourth-order valence-electron chi connectivity index (χ4n) is 3.05. The lowest BCUT2D eigenvalue weighted by Gasteiger charge is -2.26. The Hall–Kier alpha value is -0.380. The highest BCUT2D eigenvalue weighted by molar-refractivity contribution is 7.47. The summed E-state index contributed by atoms with van der Waals surface area (Å²) >= 11 is 0. The van der Waals surface area contributed by atoms with Crippen LogP contribution in [0, 0.1) is 0 Å². The van der Waals surface area contributed by atoms with E-state index in [2.05, 4.69) is 11.8 Å². The molecule has 0 amide bonds. The van der Waals surface area contributed by atoms with Gasteiger partial charge in [0.15, 0.2) is 11.9 Å². The number of phosphoric ester groups is 1. The molecular weight excluding hydrogens is 425 g/mol. The molecule has 0 fully saturated rings. The van der Waals surface area contributed by atoms with E-state index in [1.165, 1.54) is 38.5 Å². The van der Waals surface area contributed by atoms with Crippen LogP contribution in [0.3, 0.4) is 0 Å². The van der Waals surface area contributed by atoms with E-state index in [1.807, 2.05) is 21.1 Å². The summed E-state index contributed by atoms with van der Waals surface area (Å²) in [5, 5.41) is 18.3. The minimum Gasteiger partial charge on any atom is -0.393 e. The number of unbranched alkanes of at least 4 members (excludes halogenated alkanes) is 9. The number of nitrogens with zero attached hydrogens (tertiary/aromatic N) is 1. The van der Waals surface area contributed by atoms with Crippen molar-refractivity contribution >= 4 is 13.6 Å². The van der Waals surface area contributed by atoms with Crippen LogP contribution in [-0.4, -0.2) is 78.6 Å². The van der Waals surface area contributed by atoms with Crippen molar-refractivity contribution in [3.8, 4) is 0 Å². The van der Waals surface area contributed by atoms with E-state index in [0.29, 0.717) is 17.4 Å². The Kier molecular flexibility index (Phi) is 16.9. The van der Waals surface area contributed by atoms with E-state index in [0.717, 1.165) is 19.3 Å². The summed E-state index contributed by atoms with van der Waals surface area (Å²) in [6.07, 6.45) is 8.14. The van der Waals surface area contributed by atoms with Gasteiger partial charge in [-0.15, -0.1) is 0 Å². The summed E-state index contributed by atoms with van der Waals surface area (Å²) in [4.78, 5) is 26.6. The van der Waals surface area contributed by atoms with E-state index in [4.69, 9.17) is 14.3 Å². The molecule has 0 aromatic heterocycles. The summed E-state index contributed by atoms with van der Waals surface area (Å²) in [5.74, 6) is -0.517. The van der Waals surface area contributed by atoms with Gasteiger partial charge in [-0.25, -0.2) is 9.45 Å². The predicted molar refractivity (Wildman–Crippen MR) is 120 cm³/mol. The quantitative estimate of drug-likeness (QED) is 0.0758. The molecule has 0 aromatic carbocycles. The first-order valence-electron chi connectivity index (χ1n) is 11.5. The highest BCUT2D eigenvalue weighted by atomic mass is 31.2. The molecule has 186 valence electrons. The maximum Gasteiger partial charge on any atom is 0.473 e. The first-order chi connectivity index (χ1) is 14.6. The van der Waals surface area contributed by atoms with Gasteiger partial charge in [-0.3, -0.25) is 19.1 Å². The van der Waals surface area contributed by atoms with Crippen molar-refractivity contribution in [2.45, 2.75) is 89.8 Å². The van der Waals surface area contributed by atoms with Crippen molar-refractivity contribution in [3.63, 3.8) is 0 Å². The maximum atomic E-state index is 12.5. The maximum absolute atomic E-state index is 12.5. The van der Waals surface area contributed by atoms with Crippen LogP contribution in [-0.2, 0) is 23.3 Å². The third kappa shape index (κ3) is 16.8. The van der Waals surface area contributed by atoms with Crippen LogP contribution in [0.5, 0.6) is 0 Å². The largest absolute Gasteiger partial charge is 0.473 e. The number of quaternary nitrogens is 1. The minimum atomic E-state index is -4.57.